The minimum atomic E-state index is -0.564. The van der Waals surface area contributed by atoms with Crippen molar-refractivity contribution in [2.24, 2.45) is 11.1 Å². The highest BCUT2D eigenvalue weighted by Gasteiger charge is 2.22. The molecule has 1 rings (SSSR count). The van der Waals surface area contributed by atoms with Gasteiger partial charge in [0.15, 0.2) is 0 Å². The van der Waals surface area contributed by atoms with E-state index in [0.29, 0.717) is 6.54 Å². The van der Waals surface area contributed by atoms with Crippen LogP contribution in [-0.4, -0.2) is 46.8 Å². The van der Waals surface area contributed by atoms with Gasteiger partial charge in [0.1, 0.15) is 0 Å². The first-order valence-electron chi connectivity index (χ1n) is 4.81. The Morgan fingerprint density at radius 1 is 1.38 bits per heavy atom. The van der Waals surface area contributed by atoms with Crippen molar-refractivity contribution < 1.29 is 4.21 Å². The van der Waals surface area contributed by atoms with E-state index >= 15 is 0 Å². The third-order valence-electron chi connectivity index (χ3n) is 2.47. The Kier molecular flexibility index (Phi) is 3.88. The number of nitrogens with two attached hydrogens (primary N) is 1. The summed E-state index contributed by atoms with van der Waals surface area (Å²) >= 11 is 0. The van der Waals surface area contributed by atoms with Gasteiger partial charge in [-0.2, -0.15) is 0 Å². The summed E-state index contributed by atoms with van der Waals surface area (Å²) in [6.45, 7) is 8.04. The largest absolute Gasteiger partial charge is 0.330 e. The van der Waals surface area contributed by atoms with Gasteiger partial charge in [-0.25, -0.2) is 0 Å². The fourth-order valence-electron chi connectivity index (χ4n) is 1.50. The molecule has 1 heterocycles. The Morgan fingerprint density at radius 3 is 2.38 bits per heavy atom. The maximum atomic E-state index is 11.1. The van der Waals surface area contributed by atoms with Gasteiger partial charge in [0.2, 0.25) is 0 Å². The molecule has 1 fully saturated rings. The van der Waals surface area contributed by atoms with Crippen LogP contribution in [0.4, 0.5) is 0 Å². The van der Waals surface area contributed by atoms with Crippen LogP contribution in [0.25, 0.3) is 0 Å². The molecule has 0 aromatic heterocycles. The smallest absolute Gasteiger partial charge is 0.0363 e. The molecule has 0 unspecified atom stereocenters. The van der Waals surface area contributed by atoms with Crippen LogP contribution in [0.15, 0.2) is 0 Å². The van der Waals surface area contributed by atoms with E-state index in [1.54, 1.807) is 0 Å². The van der Waals surface area contributed by atoms with Crippen LogP contribution in [0.3, 0.4) is 0 Å². The minimum absolute atomic E-state index is 0.193. The predicted octanol–water partition coefficient (Wildman–Crippen LogP) is 0.0356. The lowest BCUT2D eigenvalue weighted by Gasteiger charge is -2.33. The lowest BCUT2D eigenvalue weighted by Crippen LogP contribution is -2.44. The Hall–Kier alpha value is 0.0700. The molecule has 1 saturated heterocycles. The molecule has 0 spiro atoms. The topological polar surface area (TPSA) is 46.3 Å². The maximum Gasteiger partial charge on any atom is 0.0363 e. The van der Waals surface area contributed by atoms with Crippen LogP contribution in [0.2, 0.25) is 0 Å². The van der Waals surface area contributed by atoms with Crippen molar-refractivity contribution in [1.29, 1.82) is 0 Å². The number of rotatable bonds is 3. The standard InChI is InChI=1S/C9H20N2OS/c1-9(2,7-10)8-11-3-5-13(12)6-4-11/h3-8,10H2,1-2H3. The van der Waals surface area contributed by atoms with E-state index in [9.17, 15) is 4.21 Å². The summed E-state index contributed by atoms with van der Waals surface area (Å²) in [5, 5.41) is 0. The number of nitrogens with zero attached hydrogens (tertiary/aromatic N) is 1. The normalized spacial score (nSPS) is 22.1. The number of hydrogen-bond donors (Lipinski definition) is 1. The second-order valence-corrected chi connectivity index (χ2v) is 6.19. The highest BCUT2D eigenvalue weighted by Crippen LogP contribution is 2.15. The molecule has 0 aliphatic carbocycles. The molecule has 3 nitrogen and oxygen atoms in total. The van der Waals surface area contributed by atoms with E-state index in [1.165, 1.54) is 0 Å². The van der Waals surface area contributed by atoms with Crippen LogP contribution in [-0.2, 0) is 10.8 Å². The van der Waals surface area contributed by atoms with Crippen LogP contribution < -0.4 is 5.73 Å². The van der Waals surface area contributed by atoms with Gasteiger partial charge < -0.3 is 10.6 Å². The lowest BCUT2D eigenvalue weighted by atomic mass is 9.93. The lowest BCUT2D eigenvalue weighted by molar-refractivity contribution is 0.196. The highest BCUT2D eigenvalue weighted by atomic mass is 32.2. The van der Waals surface area contributed by atoms with Gasteiger partial charge in [-0.15, -0.1) is 0 Å². The third-order valence-corrected chi connectivity index (χ3v) is 3.75. The summed E-state index contributed by atoms with van der Waals surface area (Å²) in [6, 6.07) is 0. The SMILES string of the molecule is CC(C)(CN)CN1CCS(=O)CC1. The predicted molar refractivity (Wildman–Crippen MR) is 57.2 cm³/mol. The van der Waals surface area contributed by atoms with Crippen molar-refractivity contribution in [2.75, 3.05) is 37.7 Å². The molecule has 0 amide bonds. The number of hydrogen-bond acceptors (Lipinski definition) is 3. The monoisotopic (exact) mass is 204 g/mol. The molecule has 0 atom stereocenters. The second kappa shape index (κ2) is 4.53. The molecular formula is C9H20N2OS. The fourth-order valence-corrected chi connectivity index (χ4v) is 2.63. The first-order chi connectivity index (χ1) is 6.03. The zero-order valence-corrected chi connectivity index (χ0v) is 9.40. The van der Waals surface area contributed by atoms with Crippen molar-refractivity contribution in [3.8, 4) is 0 Å². The molecule has 0 radical (unpaired) electrons. The van der Waals surface area contributed by atoms with Crippen molar-refractivity contribution in [3.05, 3.63) is 0 Å². The molecule has 2 N–H and O–H groups in total. The summed E-state index contributed by atoms with van der Waals surface area (Å²) in [5.74, 6) is 1.67. The molecule has 4 heteroatoms. The van der Waals surface area contributed by atoms with E-state index in [4.69, 9.17) is 5.73 Å². The Labute approximate surface area is 83.1 Å². The van der Waals surface area contributed by atoms with Crippen molar-refractivity contribution in [3.63, 3.8) is 0 Å². The van der Waals surface area contributed by atoms with Gasteiger partial charge >= 0.3 is 0 Å². The molecule has 78 valence electrons. The molecule has 13 heavy (non-hydrogen) atoms. The highest BCUT2D eigenvalue weighted by molar-refractivity contribution is 7.85. The van der Waals surface area contributed by atoms with E-state index in [2.05, 4.69) is 18.7 Å². The minimum Gasteiger partial charge on any atom is -0.330 e. The molecule has 1 aliphatic rings. The first kappa shape index (κ1) is 11.1. The summed E-state index contributed by atoms with van der Waals surface area (Å²) in [4.78, 5) is 2.37. The van der Waals surface area contributed by atoms with Crippen LogP contribution >= 0.6 is 0 Å². The second-order valence-electron chi connectivity index (χ2n) is 4.49. The van der Waals surface area contributed by atoms with E-state index in [1.807, 2.05) is 0 Å². The zero-order chi connectivity index (χ0) is 9.90. The summed E-state index contributed by atoms with van der Waals surface area (Å²) in [5.41, 5.74) is 5.86. The van der Waals surface area contributed by atoms with E-state index in [0.717, 1.165) is 31.1 Å². The van der Waals surface area contributed by atoms with Gasteiger partial charge in [0.25, 0.3) is 0 Å². The average Bonchev–Trinajstić information content (AvgIpc) is 2.09. The Bertz CT molecular complexity index is 184. The van der Waals surface area contributed by atoms with Crippen LogP contribution in [0.5, 0.6) is 0 Å². The summed E-state index contributed by atoms with van der Waals surface area (Å²) < 4.78 is 11.1. The molecule has 0 aromatic rings. The average molecular weight is 204 g/mol. The van der Waals surface area contributed by atoms with Gasteiger partial charge in [0, 0.05) is 41.9 Å². The Morgan fingerprint density at radius 2 is 1.92 bits per heavy atom. The van der Waals surface area contributed by atoms with Crippen molar-refractivity contribution in [2.45, 2.75) is 13.8 Å². The summed E-state index contributed by atoms with van der Waals surface area (Å²) in [6.07, 6.45) is 0. The van der Waals surface area contributed by atoms with E-state index in [-0.39, 0.29) is 5.41 Å². The van der Waals surface area contributed by atoms with E-state index < -0.39 is 10.8 Å². The Balaban J connectivity index is 2.34. The summed E-state index contributed by atoms with van der Waals surface area (Å²) in [7, 11) is -0.564. The quantitative estimate of drug-likeness (QED) is 0.706. The molecule has 1 aliphatic heterocycles. The first-order valence-corrected chi connectivity index (χ1v) is 6.30. The van der Waals surface area contributed by atoms with Crippen molar-refractivity contribution >= 4 is 10.8 Å². The van der Waals surface area contributed by atoms with Crippen LogP contribution in [0.1, 0.15) is 13.8 Å². The molecular weight excluding hydrogens is 184 g/mol. The van der Waals surface area contributed by atoms with Gasteiger partial charge in [-0.3, -0.25) is 4.21 Å². The van der Waals surface area contributed by atoms with Crippen molar-refractivity contribution in [1.82, 2.24) is 4.90 Å². The van der Waals surface area contributed by atoms with Gasteiger partial charge in [-0.1, -0.05) is 13.8 Å². The van der Waals surface area contributed by atoms with Crippen LogP contribution in [0, 0.1) is 5.41 Å². The zero-order valence-electron chi connectivity index (χ0n) is 8.58. The third kappa shape index (κ3) is 3.75. The molecule has 0 saturated carbocycles. The van der Waals surface area contributed by atoms with Gasteiger partial charge in [-0.05, 0) is 12.0 Å². The fraction of sp³-hybridized carbons (Fsp3) is 1.00. The van der Waals surface area contributed by atoms with Gasteiger partial charge in [0.05, 0.1) is 0 Å². The molecule has 0 bridgehead atoms. The molecule has 0 aromatic carbocycles. The maximum absolute atomic E-state index is 11.1.